The zero-order valence-electron chi connectivity index (χ0n) is 8.77. The van der Waals surface area contributed by atoms with Crippen molar-refractivity contribution in [2.75, 3.05) is 5.32 Å². The van der Waals surface area contributed by atoms with Gasteiger partial charge < -0.3 is 5.32 Å². The first kappa shape index (κ1) is 10.6. The maximum atomic E-state index is 8.57. The lowest BCUT2D eigenvalue weighted by atomic mass is 10.2. The lowest BCUT2D eigenvalue weighted by Gasteiger charge is -2.04. The Morgan fingerprint density at radius 1 is 1.38 bits per heavy atom. The second kappa shape index (κ2) is 4.73. The van der Waals surface area contributed by atoms with Gasteiger partial charge in [0.25, 0.3) is 0 Å². The van der Waals surface area contributed by atoms with Crippen molar-refractivity contribution >= 4 is 17.2 Å². The normalized spacial score (nSPS) is 9.75. The van der Waals surface area contributed by atoms with Crippen LogP contribution in [0.3, 0.4) is 0 Å². The second-order valence-corrected chi connectivity index (χ2v) is 4.08. The summed E-state index contributed by atoms with van der Waals surface area (Å²) >= 11 is 1.69. The lowest BCUT2D eigenvalue weighted by molar-refractivity contribution is 1.07. The minimum Gasteiger partial charge on any atom is -0.365 e. The average molecular weight is 230 g/mol. The summed E-state index contributed by atoms with van der Waals surface area (Å²) in [5.74, 6) is 0.685. The lowest BCUT2D eigenvalue weighted by Crippen LogP contribution is -2.02. The third-order valence-electron chi connectivity index (χ3n) is 2.19. The van der Waals surface area contributed by atoms with E-state index in [1.165, 1.54) is 17.3 Å². The van der Waals surface area contributed by atoms with E-state index in [4.69, 9.17) is 5.26 Å². The first-order chi connectivity index (χ1) is 7.79. The van der Waals surface area contributed by atoms with Gasteiger partial charge in [0.2, 0.25) is 0 Å². The van der Waals surface area contributed by atoms with Gasteiger partial charge in [-0.05, 0) is 28.8 Å². The minimum absolute atomic E-state index is 0.331. The molecule has 0 saturated heterocycles. The molecular weight excluding hydrogens is 220 g/mol. The van der Waals surface area contributed by atoms with Crippen LogP contribution in [-0.2, 0) is 6.54 Å². The molecule has 1 N–H and O–H groups in total. The molecule has 0 radical (unpaired) electrons. The molecule has 4 nitrogen and oxygen atoms in total. The van der Waals surface area contributed by atoms with Crippen LogP contribution in [0.15, 0.2) is 23.2 Å². The molecule has 80 valence electrons. The first-order valence-electron chi connectivity index (χ1n) is 4.77. The number of aryl methyl sites for hydroxylation is 1. The van der Waals surface area contributed by atoms with E-state index in [1.54, 1.807) is 17.5 Å². The van der Waals surface area contributed by atoms with Crippen molar-refractivity contribution in [2.45, 2.75) is 13.5 Å². The maximum Gasteiger partial charge on any atom is 0.158 e. The van der Waals surface area contributed by atoms with Gasteiger partial charge in [0.05, 0.1) is 12.4 Å². The van der Waals surface area contributed by atoms with Crippen molar-refractivity contribution < 1.29 is 0 Å². The largest absolute Gasteiger partial charge is 0.365 e. The number of nitrogens with one attached hydrogen (secondary N) is 1. The van der Waals surface area contributed by atoms with E-state index in [-0.39, 0.29) is 0 Å². The van der Waals surface area contributed by atoms with E-state index >= 15 is 0 Å². The number of hydrogen-bond donors (Lipinski definition) is 1. The summed E-state index contributed by atoms with van der Waals surface area (Å²) < 4.78 is 0. The van der Waals surface area contributed by atoms with Crippen molar-refractivity contribution in [1.82, 2.24) is 9.97 Å². The Morgan fingerprint density at radius 2 is 2.25 bits per heavy atom. The van der Waals surface area contributed by atoms with Gasteiger partial charge in [-0.25, -0.2) is 9.97 Å². The highest BCUT2D eigenvalue weighted by molar-refractivity contribution is 7.08. The summed E-state index contributed by atoms with van der Waals surface area (Å²) in [7, 11) is 0. The third kappa shape index (κ3) is 2.35. The second-order valence-electron chi connectivity index (χ2n) is 3.33. The number of thiophene rings is 1. The Hall–Kier alpha value is -1.93. The quantitative estimate of drug-likeness (QED) is 0.879. The van der Waals surface area contributed by atoms with Crippen LogP contribution in [0.1, 0.15) is 16.8 Å². The highest BCUT2D eigenvalue weighted by Gasteiger charge is 2.00. The summed E-state index contributed by atoms with van der Waals surface area (Å²) in [6.07, 6.45) is 3.03. The SMILES string of the molecule is Cc1cscc1CNc1cnc(C#N)cn1. The van der Waals surface area contributed by atoms with E-state index in [2.05, 4.69) is 33.0 Å². The predicted octanol–water partition coefficient (Wildman–Crippen LogP) is 2.33. The van der Waals surface area contributed by atoms with E-state index < -0.39 is 0 Å². The van der Waals surface area contributed by atoms with Gasteiger partial charge in [0, 0.05) is 6.54 Å². The number of rotatable bonds is 3. The van der Waals surface area contributed by atoms with Crippen LogP contribution >= 0.6 is 11.3 Å². The Kier molecular flexibility index (Phi) is 3.13. The molecule has 2 heterocycles. The summed E-state index contributed by atoms with van der Waals surface area (Å²) in [5, 5.41) is 16.0. The summed E-state index contributed by atoms with van der Waals surface area (Å²) in [6.45, 7) is 2.81. The summed E-state index contributed by atoms with van der Waals surface area (Å²) in [4.78, 5) is 8.02. The van der Waals surface area contributed by atoms with Crippen LogP contribution in [0.2, 0.25) is 0 Å². The van der Waals surface area contributed by atoms with Crippen molar-refractivity contribution in [3.05, 3.63) is 40.0 Å². The Morgan fingerprint density at radius 3 is 2.81 bits per heavy atom. The van der Waals surface area contributed by atoms with Crippen molar-refractivity contribution in [1.29, 1.82) is 5.26 Å². The molecule has 0 aliphatic carbocycles. The number of aromatic nitrogens is 2. The van der Waals surface area contributed by atoms with Crippen molar-refractivity contribution in [3.63, 3.8) is 0 Å². The van der Waals surface area contributed by atoms with E-state index in [1.807, 2.05) is 6.07 Å². The molecule has 0 aliphatic rings. The zero-order chi connectivity index (χ0) is 11.4. The summed E-state index contributed by atoms with van der Waals surface area (Å²) in [6, 6.07) is 1.93. The van der Waals surface area contributed by atoms with E-state index in [9.17, 15) is 0 Å². The van der Waals surface area contributed by atoms with Crippen LogP contribution in [-0.4, -0.2) is 9.97 Å². The van der Waals surface area contributed by atoms with Gasteiger partial charge in [-0.2, -0.15) is 16.6 Å². The highest BCUT2D eigenvalue weighted by atomic mass is 32.1. The van der Waals surface area contributed by atoms with E-state index in [0.717, 1.165) is 6.54 Å². The van der Waals surface area contributed by atoms with Gasteiger partial charge in [0.1, 0.15) is 11.9 Å². The van der Waals surface area contributed by atoms with Gasteiger partial charge in [-0.15, -0.1) is 0 Å². The van der Waals surface area contributed by atoms with Crippen LogP contribution in [0.25, 0.3) is 0 Å². The van der Waals surface area contributed by atoms with Crippen LogP contribution in [0.5, 0.6) is 0 Å². The Balaban J connectivity index is 2.00. The zero-order valence-corrected chi connectivity index (χ0v) is 9.58. The number of nitriles is 1. The number of hydrogen-bond acceptors (Lipinski definition) is 5. The molecule has 2 aromatic rings. The van der Waals surface area contributed by atoms with Crippen molar-refractivity contribution in [2.24, 2.45) is 0 Å². The monoisotopic (exact) mass is 230 g/mol. The summed E-state index contributed by atoms with van der Waals surface area (Å²) in [5.41, 5.74) is 2.87. The van der Waals surface area contributed by atoms with Gasteiger partial charge in [-0.1, -0.05) is 0 Å². The van der Waals surface area contributed by atoms with Crippen molar-refractivity contribution in [3.8, 4) is 6.07 Å². The topological polar surface area (TPSA) is 61.6 Å². The molecule has 2 aromatic heterocycles. The van der Waals surface area contributed by atoms with Gasteiger partial charge in [-0.3, -0.25) is 0 Å². The van der Waals surface area contributed by atoms with Gasteiger partial charge >= 0.3 is 0 Å². The molecular formula is C11H10N4S. The number of anilines is 1. The third-order valence-corrected chi connectivity index (χ3v) is 3.10. The predicted molar refractivity (Wildman–Crippen MR) is 63.1 cm³/mol. The molecule has 2 rings (SSSR count). The van der Waals surface area contributed by atoms with Crippen LogP contribution in [0.4, 0.5) is 5.82 Å². The molecule has 0 aliphatic heterocycles. The average Bonchev–Trinajstić information content (AvgIpc) is 2.73. The fraction of sp³-hybridized carbons (Fsp3) is 0.182. The molecule has 0 spiro atoms. The minimum atomic E-state index is 0.331. The fourth-order valence-corrected chi connectivity index (χ4v) is 2.09. The number of nitrogens with zero attached hydrogens (tertiary/aromatic N) is 3. The molecule has 0 fully saturated rings. The molecule has 0 unspecified atom stereocenters. The van der Waals surface area contributed by atoms with Crippen LogP contribution < -0.4 is 5.32 Å². The molecule has 0 saturated carbocycles. The molecule has 0 aromatic carbocycles. The molecule has 5 heteroatoms. The maximum absolute atomic E-state index is 8.57. The smallest absolute Gasteiger partial charge is 0.158 e. The first-order valence-corrected chi connectivity index (χ1v) is 5.71. The molecule has 16 heavy (non-hydrogen) atoms. The fourth-order valence-electron chi connectivity index (χ4n) is 1.23. The van der Waals surface area contributed by atoms with Crippen LogP contribution in [0, 0.1) is 18.3 Å². The van der Waals surface area contributed by atoms with Gasteiger partial charge in [0.15, 0.2) is 5.69 Å². The standard InChI is InChI=1S/C11H10N4S/c1-8-6-16-7-9(8)3-14-11-5-13-10(2-12)4-15-11/h4-7H,3H2,1H3,(H,14,15). The molecule has 0 atom stereocenters. The molecule has 0 amide bonds. The highest BCUT2D eigenvalue weighted by Crippen LogP contribution is 2.14. The Labute approximate surface area is 97.6 Å². The van der Waals surface area contributed by atoms with E-state index in [0.29, 0.717) is 11.5 Å². The Bertz CT molecular complexity index is 510. The molecule has 0 bridgehead atoms.